The highest BCUT2D eigenvalue weighted by molar-refractivity contribution is 6.30. The zero-order valence-corrected chi connectivity index (χ0v) is 14.2. The fourth-order valence-electron chi connectivity index (χ4n) is 2.75. The summed E-state index contributed by atoms with van der Waals surface area (Å²) in [7, 11) is 0. The summed E-state index contributed by atoms with van der Waals surface area (Å²) in [4.78, 5) is 2.52. The van der Waals surface area contributed by atoms with Crippen LogP contribution in [0.1, 0.15) is 46.2 Å². The molecular formula is C17H29ClN2. The van der Waals surface area contributed by atoms with E-state index in [2.05, 4.69) is 51.7 Å². The van der Waals surface area contributed by atoms with Crippen LogP contribution in [0.5, 0.6) is 0 Å². The zero-order valence-electron chi connectivity index (χ0n) is 13.4. The maximum Gasteiger partial charge on any atom is 0.0496 e. The Morgan fingerprint density at radius 3 is 1.75 bits per heavy atom. The molecule has 0 spiro atoms. The molecule has 114 valence electrons. The van der Waals surface area contributed by atoms with Crippen LogP contribution in [0.15, 0.2) is 24.3 Å². The molecule has 0 fully saturated rings. The maximum atomic E-state index is 6.28. The molecule has 2 atom stereocenters. The summed E-state index contributed by atoms with van der Waals surface area (Å²) in [5.74, 6) is 1.25. The van der Waals surface area contributed by atoms with E-state index >= 15 is 0 Å². The van der Waals surface area contributed by atoms with Crippen molar-refractivity contribution in [1.82, 2.24) is 4.90 Å². The predicted molar refractivity (Wildman–Crippen MR) is 89.1 cm³/mol. The third-order valence-electron chi connectivity index (χ3n) is 3.30. The van der Waals surface area contributed by atoms with Gasteiger partial charge in [0.15, 0.2) is 0 Å². The van der Waals surface area contributed by atoms with Gasteiger partial charge in [0.2, 0.25) is 0 Å². The van der Waals surface area contributed by atoms with Crippen LogP contribution in [0.3, 0.4) is 0 Å². The molecule has 0 aliphatic rings. The van der Waals surface area contributed by atoms with Crippen molar-refractivity contribution in [2.24, 2.45) is 17.6 Å². The Bertz CT molecular complexity index is 374. The number of halogens is 1. The van der Waals surface area contributed by atoms with Crippen LogP contribution in [0.2, 0.25) is 5.02 Å². The van der Waals surface area contributed by atoms with Gasteiger partial charge in [-0.2, -0.15) is 0 Å². The van der Waals surface area contributed by atoms with Crippen molar-refractivity contribution < 1.29 is 0 Å². The summed E-state index contributed by atoms with van der Waals surface area (Å²) in [5, 5.41) is 0.774. The number of rotatable bonds is 7. The minimum absolute atomic E-state index is 0.0914. The molecule has 2 nitrogen and oxygen atoms in total. The molecule has 0 saturated carbocycles. The first-order valence-electron chi connectivity index (χ1n) is 7.56. The van der Waals surface area contributed by atoms with E-state index in [0.717, 1.165) is 18.1 Å². The predicted octanol–water partition coefficient (Wildman–Crippen LogP) is 4.34. The smallest absolute Gasteiger partial charge is 0.0496 e. The van der Waals surface area contributed by atoms with E-state index in [1.165, 1.54) is 5.56 Å². The number of nitrogens with two attached hydrogens (primary N) is 1. The van der Waals surface area contributed by atoms with Crippen LogP contribution >= 0.6 is 11.6 Å². The summed E-state index contributed by atoms with van der Waals surface area (Å²) in [6.45, 7) is 13.2. The van der Waals surface area contributed by atoms with Crippen molar-refractivity contribution in [2.75, 3.05) is 13.1 Å². The van der Waals surface area contributed by atoms with Crippen LogP contribution < -0.4 is 5.73 Å². The first kappa shape index (κ1) is 17.5. The lowest BCUT2D eigenvalue weighted by Crippen LogP contribution is -2.43. The zero-order chi connectivity index (χ0) is 15.3. The van der Waals surface area contributed by atoms with Gasteiger partial charge in [-0.3, -0.25) is 4.90 Å². The third kappa shape index (κ3) is 5.43. The molecule has 0 aliphatic heterocycles. The standard InChI is InChI=1S/C17H29ClN2/c1-12(2)10-20(11-13(3)4)17(14(5)19)15-6-8-16(18)9-7-15/h6-9,12-14,17H,10-11,19H2,1-5H3. The Labute approximate surface area is 129 Å². The normalized spacial score (nSPS) is 15.1. The largest absolute Gasteiger partial charge is 0.326 e. The van der Waals surface area contributed by atoms with Crippen molar-refractivity contribution in [1.29, 1.82) is 0 Å². The molecule has 3 heteroatoms. The van der Waals surface area contributed by atoms with Gasteiger partial charge < -0.3 is 5.73 Å². The monoisotopic (exact) mass is 296 g/mol. The molecule has 1 rings (SSSR count). The first-order chi connectivity index (χ1) is 9.31. The molecule has 0 aliphatic carbocycles. The van der Waals surface area contributed by atoms with Gasteiger partial charge in [-0.05, 0) is 36.5 Å². The van der Waals surface area contributed by atoms with Gasteiger partial charge in [-0.15, -0.1) is 0 Å². The molecule has 0 aromatic heterocycles. The van der Waals surface area contributed by atoms with Crippen LogP contribution in [-0.4, -0.2) is 24.0 Å². The van der Waals surface area contributed by atoms with E-state index in [9.17, 15) is 0 Å². The summed E-state index contributed by atoms with van der Waals surface area (Å²) < 4.78 is 0. The Kier molecular flexibility index (Phi) is 7.01. The van der Waals surface area contributed by atoms with Crippen molar-refractivity contribution in [3.8, 4) is 0 Å². The summed E-state index contributed by atoms with van der Waals surface area (Å²) in [6, 6.07) is 8.45. The Hall–Kier alpha value is -0.570. The second kappa shape index (κ2) is 8.02. The van der Waals surface area contributed by atoms with E-state index in [0.29, 0.717) is 11.8 Å². The highest BCUT2D eigenvalue weighted by Crippen LogP contribution is 2.26. The lowest BCUT2D eigenvalue weighted by Gasteiger charge is -2.37. The highest BCUT2D eigenvalue weighted by Gasteiger charge is 2.25. The Morgan fingerprint density at radius 2 is 1.40 bits per heavy atom. The van der Waals surface area contributed by atoms with Gasteiger partial charge >= 0.3 is 0 Å². The second-order valence-corrected chi connectivity index (χ2v) is 7.03. The molecule has 20 heavy (non-hydrogen) atoms. The van der Waals surface area contributed by atoms with E-state index < -0.39 is 0 Å². The lowest BCUT2D eigenvalue weighted by molar-refractivity contribution is 0.140. The number of nitrogens with zero attached hydrogens (tertiary/aromatic N) is 1. The molecule has 0 radical (unpaired) electrons. The fraction of sp³-hybridized carbons (Fsp3) is 0.647. The molecular weight excluding hydrogens is 268 g/mol. The van der Waals surface area contributed by atoms with Crippen molar-refractivity contribution in [3.63, 3.8) is 0 Å². The second-order valence-electron chi connectivity index (χ2n) is 6.60. The van der Waals surface area contributed by atoms with Crippen LogP contribution in [0, 0.1) is 11.8 Å². The van der Waals surface area contributed by atoms with Gasteiger partial charge in [0, 0.05) is 30.2 Å². The Balaban J connectivity index is 3.03. The van der Waals surface area contributed by atoms with Crippen LogP contribution in [0.4, 0.5) is 0 Å². The summed E-state index contributed by atoms with van der Waals surface area (Å²) in [5.41, 5.74) is 7.54. The van der Waals surface area contributed by atoms with Crippen LogP contribution in [0.25, 0.3) is 0 Å². The van der Waals surface area contributed by atoms with Gasteiger partial charge in [-0.25, -0.2) is 0 Å². The molecule has 2 unspecified atom stereocenters. The average molecular weight is 297 g/mol. The average Bonchev–Trinajstić information content (AvgIpc) is 2.29. The highest BCUT2D eigenvalue weighted by atomic mass is 35.5. The quantitative estimate of drug-likeness (QED) is 0.811. The van der Waals surface area contributed by atoms with Crippen molar-refractivity contribution in [2.45, 2.75) is 46.7 Å². The number of hydrogen-bond donors (Lipinski definition) is 1. The molecule has 0 amide bonds. The van der Waals surface area contributed by atoms with E-state index in [1.807, 2.05) is 12.1 Å². The molecule has 1 aromatic carbocycles. The minimum atomic E-state index is 0.0914. The fourth-order valence-corrected chi connectivity index (χ4v) is 2.87. The minimum Gasteiger partial charge on any atom is -0.326 e. The van der Waals surface area contributed by atoms with Crippen molar-refractivity contribution >= 4 is 11.6 Å². The topological polar surface area (TPSA) is 29.3 Å². The maximum absolute atomic E-state index is 6.28. The van der Waals surface area contributed by atoms with Gasteiger partial charge in [0.05, 0.1) is 0 Å². The van der Waals surface area contributed by atoms with Gasteiger partial charge in [-0.1, -0.05) is 51.4 Å². The number of hydrogen-bond acceptors (Lipinski definition) is 2. The van der Waals surface area contributed by atoms with Gasteiger partial charge in [0.1, 0.15) is 0 Å². The van der Waals surface area contributed by atoms with Crippen molar-refractivity contribution in [3.05, 3.63) is 34.9 Å². The SMILES string of the molecule is CC(C)CN(CC(C)C)C(c1ccc(Cl)cc1)C(C)N. The molecule has 0 bridgehead atoms. The van der Waals surface area contributed by atoms with E-state index in [-0.39, 0.29) is 12.1 Å². The van der Waals surface area contributed by atoms with Crippen LogP contribution in [-0.2, 0) is 0 Å². The van der Waals surface area contributed by atoms with E-state index in [1.54, 1.807) is 0 Å². The molecule has 0 saturated heterocycles. The molecule has 0 heterocycles. The summed E-state index contributed by atoms with van der Waals surface area (Å²) in [6.07, 6.45) is 0. The van der Waals surface area contributed by atoms with E-state index in [4.69, 9.17) is 17.3 Å². The first-order valence-corrected chi connectivity index (χ1v) is 7.94. The number of benzene rings is 1. The Morgan fingerprint density at radius 1 is 0.950 bits per heavy atom. The molecule has 1 aromatic rings. The van der Waals surface area contributed by atoms with Gasteiger partial charge in [0.25, 0.3) is 0 Å². The summed E-state index contributed by atoms with van der Waals surface area (Å²) >= 11 is 6.00. The third-order valence-corrected chi connectivity index (χ3v) is 3.55. The lowest BCUT2D eigenvalue weighted by atomic mass is 9.97. The molecule has 2 N–H and O–H groups in total.